The summed E-state index contributed by atoms with van der Waals surface area (Å²) in [6.45, 7) is 3.08. The van der Waals surface area contributed by atoms with Gasteiger partial charge < -0.3 is 4.90 Å². The van der Waals surface area contributed by atoms with Crippen molar-refractivity contribution >= 4 is 11.6 Å². The first kappa shape index (κ1) is 13.1. The highest BCUT2D eigenvalue weighted by Crippen LogP contribution is 2.20. The van der Waals surface area contributed by atoms with Crippen LogP contribution in [0, 0.1) is 6.92 Å². The van der Waals surface area contributed by atoms with Crippen LogP contribution in [0.4, 0.5) is 5.69 Å². The van der Waals surface area contributed by atoms with Crippen molar-refractivity contribution in [1.29, 1.82) is 0 Å². The minimum absolute atomic E-state index is 0.0463. The summed E-state index contributed by atoms with van der Waals surface area (Å²) in [4.78, 5) is 16.4. The lowest BCUT2D eigenvalue weighted by Gasteiger charge is -2.34. The predicted molar refractivity (Wildman–Crippen MR) is 74.9 cm³/mol. The van der Waals surface area contributed by atoms with E-state index in [1.54, 1.807) is 4.90 Å². The lowest BCUT2D eigenvalue weighted by atomic mass is 10.0. The van der Waals surface area contributed by atoms with Gasteiger partial charge >= 0.3 is 0 Å². The topological polar surface area (TPSA) is 23.6 Å². The minimum Gasteiger partial charge on any atom is -0.314 e. The highest BCUT2D eigenvalue weighted by atomic mass is 16.2. The molecule has 1 heterocycles. The van der Waals surface area contributed by atoms with Crippen LogP contribution in [-0.4, -0.2) is 37.5 Å². The molecule has 0 aromatic heterocycles. The fourth-order valence-electron chi connectivity index (χ4n) is 2.51. The molecule has 1 aromatic rings. The van der Waals surface area contributed by atoms with E-state index in [1.807, 2.05) is 38.4 Å². The van der Waals surface area contributed by atoms with Crippen molar-refractivity contribution in [2.24, 2.45) is 0 Å². The Labute approximate surface area is 109 Å². The Morgan fingerprint density at radius 2 is 1.94 bits per heavy atom. The number of aryl methyl sites for hydroxylation is 1. The quantitative estimate of drug-likeness (QED) is 0.800. The number of benzene rings is 1. The van der Waals surface area contributed by atoms with E-state index >= 15 is 0 Å². The SMILES string of the molecule is Cc1ccc(N(C)C(=O)[C@H]2CCCCN2C)cc1. The Hall–Kier alpha value is -1.35. The Balaban J connectivity index is 2.10. The van der Waals surface area contributed by atoms with E-state index in [0.29, 0.717) is 0 Å². The molecule has 0 radical (unpaired) electrons. The van der Waals surface area contributed by atoms with Gasteiger partial charge in [0.25, 0.3) is 0 Å². The smallest absolute Gasteiger partial charge is 0.244 e. The van der Waals surface area contributed by atoms with Gasteiger partial charge in [-0.3, -0.25) is 9.69 Å². The molecular formula is C15H22N2O. The number of nitrogens with zero attached hydrogens (tertiary/aromatic N) is 2. The Morgan fingerprint density at radius 3 is 2.56 bits per heavy atom. The van der Waals surface area contributed by atoms with Crippen LogP contribution in [0.5, 0.6) is 0 Å². The van der Waals surface area contributed by atoms with Crippen LogP contribution in [-0.2, 0) is 4.79 Å². The van der Waals surface area contributed by atoms with Gasteiger partial charge in [-0.25, -0.2) is 0 Å². The molecule has 1 amide bonds. The summed E-state index contributed by atoms with van der Waals surface area (Å²) in [6, 6.07) is 8.16. The van der Waals surface area contributed by atoms with Gasteiger partial charge in [0, 0.05) is 12.7 Å². The van der Waals surface area contributed by atoms with Crippen molar-refractivity contribution in [2.75, 3.05) is 25.5 Å². The molecule has 0 spiro atoms. The maximum atomic E-state index is 12.5. The summed E-state index contributed by atoms with van der Waals surface area (Å²) in [5.74, 6) is 0.209. The molecule has 98 valence electrons. The number of rotatable bonds is 2. The number of likely N-dealkylation sites (tertiary alicyclic amines) is 1. The van der Waals surface area contributed by atoms with Crippen LogP contribution in [0.3, 0.4) is 0 Å². The van der Waals surface area contributed by atoms with Crippen molar-refractivity contribution in [3.05, 3.63) is 29.8 Å². The van der Waals surface area contributed by atoms with Crippen molar-refractivity contribution < 1.29 is 4.79 Å². The maximum Gasteiger partial charge on any atom is 0.244 e. The van der Waals surface area contributed by atoms with E-state index in [-0.39, 0.29) is 11.9 Å². The van der Waals surface area contributed by atoms with Gasteiger partial charge in [-0.05, 0) is 45.5 Å². The monoisotopic (exact) mass is 246 g/mol. The second-order valence-corrected chi connectivity index (χ2v) is 5.22. The molecule has 0 saturated carbocycles. The third kappa shape index (κ3) is 2.72. The summed E-state index contributed by atoms with van der Waals surface area (Å²) in [7, 11) is 3.92. The number of hydrogen-bond acceptors (Lipinski definition) is 2. The summed E-state index contributed by atoms with van der Waals surface area (Å²) in [5.41, 5.74) is 2.19. The number of anilines is 1. The number of amides is 1. The Bertz CT molecular complexity index is 413. The molecule has 0 aliphatic carbocycles. The van der Waals surface area contributed by atoms with Crippen LogP contribution in [0.15, 0.2) is 24.3 Å². The highest BCUT2D eigenvalue weighted by molar-refractivity contribution is 5.96. The number of carbonyl (C=O) groups excluding carboxylic acids is 1. The normalized spacial score (nSPS) is 20.7. The molecule has 0 bridgehead atoms. The van der Waals surface area contributed by atoms with Crippen LogP contribution >= 0.6 is 0 Å². The molecule has 18 heavy (non-hydrogen) atoms. The van der Waals surface area contributed by atoms with Gasteiger partial charge in [-0.2, -0.15) is 0 Å². The second-order valence-electron chi connectivity index (χ2n) is 5.22. The molecule has 1 atom stereocenters. The fraction of sp³-hybridized carbons (Fsp3) is 0.533. The summed E-state index contributed by atoms with van der Waals surface area (Å²) < 4.78 is 0. The average molecular weight is 246 g/mol. The van der Waals surface area contributed by atoms with Gasteiger partial charge in [0.2, 0.25) is 5.91 Å². The van der Waals surface area contributed by atoms with Crippen LogP contribution < -0.4 is 4.90 Å². The van der Waals surface area contributed by atoms with Crippen molar-refractivity contribution in [1.82, 2.24) is 4.90 Å². The summed E-state index contributed by atoms with van der Waals surface area (Å²) in [6.07, 6.45) is 3.34. The van der Waals surface area contributed by atoms with E-state index in [0.717, 1.165) is 25.1 Å². The third-order valence-electron chi connectivity index (χ3n) is 3.81. The molecule has 1 aliphatic heterocycles. The fourth-order valence-corrected chi connectivity index (χ4v) is 2.51. The first-order valence-electron chi connectivity index (χ1n) is 6.64. The summed E-state index contributed by atoms with van der Waals surface area (Å²) in [5, 5.41) is 0. The van der Waals surface area contributed by atoms with E-state index in [9.17, 15) is 4.79 Å². The molecular weight excluding hydrogens is 224 g/mol. The number of likely N-dealkylation sites (N-methyl/N-ethyl adjacent to an activating group) is 2. The zero-order chi connectivity index (χ0) is 13.1. The average Bonchev–Trinajstić information content (AvgIpc) is 2.38. The standard InChI is InChI=1S/C15H22N2O/c1-12-7-9-13(10-8-12)17(3)15(18)14-6-4-5-11-16(14)2/h7-10,14H,4-6,11H2,1-3H3/t14-/m1/s1. The van der Waals surface area contributed by atoms with E-state index in [1.165, 1.54) is 12.0 Å². The van der Waals surface area contributed by atoms with Crippen LogP contribution in [0.25, 0.3) is 0 Å². The second kappa shape index (κ2) is 5.53. The van der Waals surface area contributed by atoms with Gasteiger partial charge in [-0.1, -0.05) is 24.1 Å². The van der Waals surface area contributed by atoms with Gasteiger partial charge in [0.05, 0.1) is 6.04 Å². The van der Waals surface area contributed by atoms with Crippen LogP contribution in [0.1, 0.15) is 24.8 Å². The molecule has 1 aliphatic rings. The predicted octanol–water partition coefficient (Wildman–Crippen LogP) is 2.44. The molecule has 3 heteroatoms. The molecule has 0 unspecified atom stereocenters. The largest absolute Gasteiger partial charge is 0.314 e. The first-order chi connectivity index (χ1) is 8.59. The lowest BCUT2D eigenvalue weighted by Crippen LogP contribution is -2.48. The molecule has 1 saturated heterocycles. The van der Waals surface area contributed by atoms with Crippen molar-refractivity contribution in [3.63, 3.8) is 0 Å². The van der Waals surface area contributed by atoms with Crippen LogP contribution in [0.2, 0.25) is 0 Å². The van der Waals surface area contributed by atoms with Crippen molar-refractivity contribution in [3.8, 4) is 0 Å². The van der Waals surface area contributed by atoms with Crippen molar-refractivity contribution in [2.45, 2.75) is 32.2 Å². The number of piperidine rings is 1. The molecule has 2 rings (SSSR count). The zero-order valence-electron chi connectivity index (χ0n) is 11.5. The van der Waals surface area contributed by atoms with Gasteiger partial charge in [0.1, 0.15) is 0 Å². The van der Waals surface area contributed by atoms with E-state index in [2.05, 4.69) is 11.8 Å². The minimum atomic E-state index is 0.0463. The zero-order valence-corrected chi connectivity index (χ0v) is 11.5. The summed E-state index contributed by atoms with van der Waals surface area (Å²) >= 11 is 0. The maximum absolute atomic E-state index is 12.5. The Morgan fingerprint density at radius 1 is 1.28 bits per heavy atom. The van der Waals surface area contributed by atoms with E-state index in [4.69, 9.17) is 0 Å². The number of carbonyl (C=O) groups is 1. The lowest BCUT2D eigenvalue weighted by molar-refractivity contribution is -0.124. The molecule has 1 aromatic carbocycles. The van der Waals surface area contributed by atoms with Gasteiger partial charge in [-0.15, -0.1) is 0 Å². The molecule has 3 nitrogen and oxygen atoms in total. The third-order valence-corrected chi connectivity index (χ3v) is 3.81. The van der Waals surface area contributed by atoms with E-state index < -0.39 is 0 Å². The Kier molecular flexibility index (Phi) is 4.02. The molecule has 1 fully saturated rings. The number of hydrogen-bond donors (Lipinski definition) is 0. The first-order valence-corrected chi connectivity index (χ1v) is 6.64. The highest BCUT2D eigenvalue weighted by Gasteiger charge is 2.28. The van der Waals surface area contributed by atoms with Gasteiger partial charge in [0.15, 0.2) is 0 Å². The molecule has 0 N–H and O–H groups in total.